The van der Waals surface area contributed by atoms with E-state index < -0.39 is 0 Å². The van der Waals surface area contributed by atoms with E-state index in [1.54, 1.807) is 0 Å². The standard InChI is InChI=1S/C20H42O2/c1-6-19(2,3)15-11-7-9-13-18(22)14-10-8-12-16-20(4,5)17-21/h18,21-22H,6-17H2,1-5H3. The van der Waals surface area contributed by atoms with Crippen LogP contribution in [0.15, 0.2) is 0 Å². The molecule has 1 unspecified atom stereocenters. The molecular formula is C20H42O2. The maximum atomic E-state index is 10.0. The fourth-order valence-corrected chi connectivity index (χ4v) is 2.72. The summed E-state index contributed by atoms with van der Waals surface area (Å²) in [5.41, 5.74) is 0.547. The molecule has 0 saturated carbocycles. The molecule has 2 heteroatoms. The molecule has 1 atom stereocenters. The molecule has 0 aliphatic carbocycles. The van der Waals surface area contributed by atoms with Crippen molar-refractivity contribution in [1.82, 2.24) is 0 Å². The predicted molar refractivity (Wildman–Crippen MR) is 97.1 cm³/mol. The Morgan fingerprint density at radius 2 is 1.18 bits per heavy atom. The van der Waals surface area contributed by atoms with E-state index in [0.717, 1.165) is 32.1 Å². The molecule has 2 N–H and O–H groups in total. The lowest BCUT2D eigenvalue weighted by molar-refractivity contribution is 0.138. The largest absolute Gasteiger partial charge is 0.396 e. The normalized spacial score (nSPS) is 14.3. The van der Waals surface area contributed by atoms with E-state index >= 15 is 0 Å². The first kappa shape index (κ1) is 21.9. The zero-order valence-electron chi connectivity index (χ0n) is 16.0. The Kier molecular flexibility index (Phi) is 11.4. The molecule has 0 bridgehead atoms. The van der Waals surface area contributed by atoms with Crippen LogP contribution in [0.1, 0.15) is 105 Å². The fourth-order valence-electron chi connectivity index (χ4n) is 2.72. The Hall–Kier alpha value is -0.0800. The summed E-state index contributed by atoms with van der Waals surface area (Å²) in [5, 5.41) is 19.2. The van der Waals surface area contributed by atoms with Crippen molar-refractivity contribution < 1.29 is 10.2 Å². The lowest BCUT2D eigenvalue weighted by atomic mass is 9.84. The van der Waals surface area contributed by atoms with Crippen molar-refractivity contribution in [1.29, 1.82) is 0 Å². The lowest BCUT2D eigenvalue weighted by Gasteiger charge is -2.22. The van der Waals surface area contributed by atoms with Gasteiger partial charge < -0.3 is 10.2 Å². The molecule has 22 heavy (non-hydrogen) atoms. The molecule has 0 heterocycles. The highest BCUT2D eigenvalue weighted by Gasteiger charge is 2.16. The first-order valence-electron chi connectivity index (χ1n) is 9.51. The topological polar surface area (TPSA) is 40.5 Å². The molecule has 2 nitrogen and oxygen atoms in total. The van der Waals surface area contributed by atoms with Crippen LogP contribution in [0.5, 0.6) is 0 Å². The van der Waals surface area contributed by atoms with Crippen LogP contribution in [0.4, 0.5) is 0 Å². The Morgan fingerprint density at radius 1 is 0.727 bits per heavy atom. The first-order chi connectivity index (χ1) is 10.2. The summed E-state index contributed by atoms with van der Waals surface area (Å²) in [6.45, 7) is 11.5. The number of unbranched alkanes of at least 4 members (excludes halogenated alkanes) is 4. The summed E-state index contributed by atoms with van der Waals surface area (Å²) < 4.78 is 0. The van der Waals surface area contributed by atoms with Gasteiger partial charge in [0.15, 0.2) is 0 Å². The quantitative estimate of drug-likeness (QED) is 0.404. The summed E-state index contributed by atoms with van der Waals surface area (Å²) in [6, 6.07) is 0. The van der Waals surface area contributed by atoms with Gasteiger partial charge >= 0.3 is 0 Å². The van der Waals surface area contributed by atoms with Gasteiger partial charge in [-0.2, -0.15) is 0 Å². The second-order valence-electron chi connectivity index (χ2n) is 8.69. The van der Waals surface area contributed by atoms with Gasteiger partial charge in [0.25, 0.3) is 0 Å². The average molecular weight is 315 g/mol. The lowest BCUT2D eigenvalue weighted by Crippen LogP contribution is -2.16. The van der Waals surface area contributed by atoms with Crippen molar-refractivity contribution in [2.75, 3.05) is 6.61 Å². The van der Waals surface area contributed by atoms with Gasteiger partial charge in [-0.05, 0) is 36.5 Å². The zero-order chi connectivity index (χ0) is 17.1. The minimum Gasteiger partial charge on any atom is -0.396 e. The van der Waals surface area contributed by atoms with Gasteiger partial charge in [-0.25, -0.2) is 0 Å². The van der Waals surface area contributed by atoms with Crippen LogP contribution in [0.25, 0.3) is 0 Å². The van der Waals surface area contributed by atoms with Gasteiger partial charge in [0, 0.05) is 6.61 Å². The van der Waals surface area contributed by atoms with Gasteiger partial charge in [-0.3, -0.25) is 0 Å². The van der Waals surface area contributed by atoms with E-state index in [2.05, 4.69) is 34.6 Å². The van der Waals surface area contributed by atoms with E-state index in [9.17, 15) is 10.2 Å². The first-order valence-corrected chi connectivity index (χ1v) is 9.51. The van der Waals surface area contributed by atoms with Crippen LogP contribution >= 0.6 is 0 Å². The summed E-state index contributed by atoms with van der Waals surface area (Å²) in [7, 11) is 0. The monoisotopic (exact) mass is 314 g/mol. The maximum Gasteiger partial charge on any atom is 0.0540 e. The maximum absolute atomic E-state index is 10.0. The minimum atomic E-state index is -0.106. The minimum absolute atomic E-state index is 0.0604. The van der Waals surface area contributed by atoms with Crippen LogP contribution in [0.3, 0.4) is 0 Å². The molecule has 0 aromatic heterocycles. The fraction of sp³-hybridized carbons (Fsp3) is 1.00. The number of hydrogen-bond acceptors (Lipinski definition) is 2. The summed E-state index contributed by atoms with van der Waals surface area (Å²) in [5.74, 6) is 0. The predicted octanol–water partition coefficient (Wildman–Crippen LogP) is 5.70. The van der Waals surface area contributed by atoms with Crippen LogP contribution < -0.4 is 0 Å². The highest BCUT2D eigenvalue weighted by Crippen LogP contribution is 2.27. The third-order valence-electron chi connectivity index (χ3n) is 5.17. The smallest absolute Gasteiger partial charge is 0.0540 e. The van der Waals surface area contributed by atoms with Crippen molar-refractivity contribution >= 4 is 0 Å². The van der Waals surface area contributed by atoms with E-state index in [0.29, 0.717) is 5.41 Å². The van der Waals surface area contributed by atoms with Crippen LogP contribution in [-0.4, -0.2) is 22.9 Å². The third-order valence-corrected chi connectivity index (χ3v) is 5.17. The summed E-state index contributed by atoms with van der Waals surface area (Å²) in [6.07, 6.45) is 12.6. The van der Waals surface area contributed by atoms with Crippen LogP contribution in [0, 0.1) is 10.8 Å². The third kappa shape index (κ3) is 12.5. The van der Waals surface area contributed by atoms with Crippen molar-refractivity contribution in [3.63, 3.8) is 0 Å². The van der Waals surface area contributed by atoms with E-state index in [1.807, 2.05) is 0 Å². The van der Waals surface area contributed by atoms with Gasteiger partial charge in [0.2, 0.25) is 0 Å². The molecule has 134 valence electrons. The van der Waals surface area contributed by atoms with E-state index in [1.165, 1.54) is 38.5 Å². The van der Waals surface area contributed by atoms with Crippen LogP contribution in [0.2, 0.25) is 0 Å². The van der Waals surface area contributed by atoms with Crippen molar-refractivity contribution in [3.8, 4) is 0 Å². The molecule has 0 aliphatic heterocycles. The van der Waals surface area contributed by atoms with Gasteiger partial charge in [-0.1, -0.05) is 79.6 Å². The second-order valence-corrected chi connectivity index (χ2v) is 8.69. The number of rotatable bonds is 14. The Labute approximate surface area is 139 Å². The Bertz CT molecular complexity index is 232. The molecule has 0 rings (SSSR count). The van der Waals surface area contributed by atoms with Crippen molar-refractivity contribution in [2.24, 2.45) is 10.8 Å². The zero-order valence-corrected chi connectivity index (χ0v) is 16.0. The number of hydrogen-bond donors (Lipinski definition) is 2. The highest BCUT2D eigenvalue weighted by atomic mass is 16.3. The van der Waals surface area contributed by atoms with Gasteiger partial charge in [-0.15, -0.1) is 0 Å². The molecule has 0 aromatic carbocycles. The molecule has 0 radical (unpaired) electrons. The molecule has 0 amide bonds. The number of aliphatic hydroxyl groups is 2. The molecule has 0 saturated heterocycles. The summed E-state index contributed by atoms with van der Waals surface area (Å²) in [4.78, 5) is 0. The van der Waals surface area contributed by atoms with Gasteiger partial charge in [0.05, 0.1) is 6.10 Å². The number of aliphatic hydroxyl groups excluding tert-OH is 2. The molecular weight excluding hydrogens is 272 g/mol. The molecule has 0 aromatic rings. The average Bonchev–Trinajstić information content (AvgIpc) is 2.46. The van der Waals surface area contributed by atoms with Gasteiger partial charge in [0.1, 0.15) is 0 Å². The highest BCUT2D eigenvalue weighted by molar-refractivity contribution is 4.68. The Morgan fingerprint density at radius 3 is 1.59 bits per heavy atom. The SMILES string of the molecule is CCC(C)(C)CCCCCC(O)CCCCCC(C)(C)CO. The molecule has 0 fully saturated rings. The Balaban J connectivity index is 3.46. The van der Waals surface area contributed by atoms with E-state index in [-0.39, 0.29) is 18.1 Å². The van der Waals surface area contributed by atoms with Crippen molar-refractivity contribution in [2.45, 2.75) is 111 Å². The summed E-state index contributed by atoms with van der Waals surface area (Å²) >= 11 is 0. The second kappa shape index (κ2) is 11.5. The molecule has 0 aliphatic rings. The molecule has 0 spiro atoms. The van der Waals surface area contributed by atoms with Crippen LogP contribution in [-0.2, 0) is 0 Å². The van der Waals surface area contributed by atoms with Crippen molar-refractivity contribution in [3.05, 3.63) is 0 Å². The van der Waals surface area contributed by atoms with E-state index in [4.69, 9.17) is 0 Å².